The highest BCUT2D eigenvalue weighted by Gasteiger charge is 2.15. The van der Waals surface area contributed by atoms with Gasteiger partial charge in [-0.05, 0) is 29.8 Å². The normalized spacial score (nSPS) is 11.3. The maximum atomic E-state index is 5.04. The summed E-state index contributed by atoms with van der Waals surface area (Å²) in [5, 5.41) is 10.1. The number of rotatable bonds is 11. The number of aromatic nitrogens is 4. The van der Waals surface area contributed by atoms with Gasteiger partial charge in [-0.3, -0.25) is 14.3 Å². The lowest BCUT2D eigenvalue weighted by atomic mass is 10.1. The molecule has 2 aromatic heterocycles. The molecule has 0 N–H and O–H groups in total. The van der Waals surface area contributed by atoms with E-state index in [-0.39, 0.29) is 0 Å². The second-order valence-electron chi connectivity index (χ2n) is 10.2. The van der Waals surface area contributed by atoms with Crippen LogP contribution in [0.1, 0.15) is 6.92 Å². The zero-order valence-corrected chi connectivity index (χ0v) is 23.5. The highest BCUT2D eigenvalue weighted by molar-refractivity contribution is 5.69. The zero-order valence-electron chi connectivity index (χ0n) is 23.5. The standard InChI is InChI=1S/C36H35N5/c1-2-39(23-25-40-35(31-19-11-5-12-20-31)27-33(37-40)29-15-7-3-8-16-29)24-26-41-36(32-21-13-6-14-22-32)28-34(38-41)30-17-9-4-10-18-30/h3-22,27-28H,2,23-26H2,1H3. The highest BCUT2D eigenvalue weighted by Crippen LogP contribution is 2.27. The van der Waals surface area contributed by atoms with Crippen LogP contribution in [0.2, 0.25) is 0 Å². The van der Waals surface area contributed by atoms with Crippen LogP contribution in [0.3, 0.4) is 0 Å². The highest BCUT2D eigenvalue weighted by atomic mass is 15.3. The van der Waals surface area contributed by atoms with Crippen molar-refractivity contribution in [3.63, 3.8) is 0 Å². The van der Waals surface area contributed by atoms with Gasteiger partial charge in [-0.15, -0.1) is 0 Å². The molecule has 4 aromatic carbocycles. The summed E-state index contributed by atoms with van der Waals surface area (Å²) in [6.45, 7) is 6.61. The van der Waals surface area contributed by atoms with Crippen molar-refractivity contribution in [3.8, 4) is 45.0 Å². The average Bonchev–Trinajstić information content (AvgIpc) is 3.68. The predicted molar refractivity (Wildman–Crippen MR) is 168 cm³/mol. The molecule has 204 valence electrons. The van der Waals surface area contributed by atoms with Gasteiger partial charge in [0.25, 0.3) is 0 Å². The third-order valence-corrected chi connectivity index (χ3v) is 7.54. The van der Waals surface area contributed by atoms with Crippen molar-refractivity contribution >= 4 is 0 Å². The van der Waals surface area contributed by atoms with Crippen molar-refractivity contribution in [2.75, 3.05) is 19.6 Å². The smallest absolute Gasteiger partial charge is 0.0929 e. The van der Waals surface area contributed by atoms with E-state index < -0.39 is 0 Å². The molecule has 0 aliphatic carbocycles. The Labute approximate surface area is 242 Å². The maximum Gasteiger partial charge on any atom is 0.0929 e. The third-order valence-electron chi connectivity index (χ3n) is 7.54. The fraction of sp³-hybridized carbons (Fsp3) is 0.167. The Morgan fingerprint density at radius 3 is 1.17 bits per heavy atom. The molecule has 2 heterocycles. The van der Waals surface area contributed by atoms with E-state index in [0.29, 0.717) is 0 Å². The minimum absolute atomic E-state index is 0.810. The van der Waals surface area contributed by atoms with E-state index in [1.165, 1.54) is 11.1 Å². The molecule has 0 spiro atoms. The van der Waals surface area contributed by atoms with Crippen LogP contribution in [0, 0.1) is 0 Å². The van der Waals surface area contributed by atoms with Crippen LogP contribution >= 0.6 is 0 Å². The van der Waals surface area contributed by atoms with E-state index in [1.54, 1.807) is 0 Å². The van der Waals surface area contributed by atoms with Crippen LogP contribution in [0.4, 0.5) is 0 Å². The fourth-order valence-electron chi connectivity index (χ4n) is 5.26. The number of likely N-dealkylation sites (N-methyl/N-ethyl adjacent to an activating group) is 1. The molecule has 41 heavy (non-hydrogen) atoms. The van der Waals surface area contributed by atoms with E-state index in [2.05, 4.69) is 143 Å². The first-order chi connectivity index (χ1) is 20.3. The van der Waals surface area contributed by atoms with Crippen LogP contribution in [0.5, 0.6) is 0 Å². The van der Waals surface area contributed by atoms with Gasteiger partial charge < -0.3 is 0 Å². The Hall–Kier alpha value is -4.74. The van der Waals surface area contributed by atoms with Crippen LogP contribution < -0.4 is 0 Å². The van der Waals surface area contributed by atoms with Gasteiger partial charge in [-0.25, -0.2) is 0 Å². The monoisotopic (exact) mass is 537 g/mol. The molecule has 0 amide bonds. The van der Waals surface area contributed by atoms with Crippen LogP contribution in [-0.4, -0.2) is 44.1 Å². The molecule has 0 aliphatic rings. The summed E-state index contributed by atoms with van der Waals surface area (Å²) in [7, 11) is 0. The van der Waals surface area contributed by atoms with Gasteiger partial charge in [0.2, 0.25) is 0 Å². The molecule has 6 rings (SSSR count). The molecular weight excluding hydrogens is 502 g/mol. The maximum absolute atomic E-state index is 5.04. The quantitative estimate of drug-likeness (QED) is 0.169. The SMILES string of the molecule is CCN(CCn1nc(-c2ccccc2)cc1-c1ccccc1)CCn1nc(-c2ccccc2)cc1-c1ccccc1. The Balaban J connectivity index is 1.21. The predicted octanol–water partition coefficient (Wildman–Crippen LogP) is 7.77. The van der Waals surface area contributed by atoms with Gasteiger partial charge in [0, 0.05) is 24.2 Å². The average molecular weight is 538 g/mol. The lowest BCUT2D eigenvalue weighted by Crippen LogP contribution is -2.31. The Kier molecular flexibility index (Phi) is 8.15. The lowest BCUT2D eigenvalue weighted by Gasteiger charge is -2.21. The van der Waals surface area contributed by atoms with E-state index >= 15 is 0 Å². The van der Waals surface area contributed by atoms with Crippen LogP contribution in [-0.2, 0) is 13.1 Å². The van der Waals surface area contributed by atoms with Gasteiger partial charge in [0.15, 0.2) is 0 Å². The molecule has 0 saturated heterocycles. The topological polar surface area (TPSA) is 38.9 Å². The molecule has 0 fully saturated rings. The number of hydrogen-bond acceptors (Lipinski definition) is 3. The summed E-state index contributed by atoms with van der Waals surface area (Å²) in [5.41, 5.74) is 8.94. The molecule has 0 saturated carbocycles. The number of nitrogens with zero attached hydrogens (tertiary/aromatic N) is 5. The van der Waals surface area contributed by atoms with Gasteiger partial charge in [0.1, 0.15) is 0 Å². The lowest BCUT2D eigenvalue weighted by molar-refractivity contribution is 0.258. The van der Waals surface area contributed by atoms with Crippen LogP contribution in [0.15, 0.2) is 133 Å². The van der Waals surface area contributed by atoms with E-state index in [1.807, 2.05) is 12.1 Å². The summed E-state index contributed by atoms with van der Waals surface area (Å²) in [5.74, 6) is 0. The first-order valence-electron chi connectivity index (χ1n) is 14.4. The summed E-state index contributed by atoms with van der Waals surface area (Å²) in [4.78, 5) is 2.48. The Morgan fingerprint density at radius 1 is 0.488 bits per heavy atom. The molecule has 0 unspecified atom stereocenters. The molecule has 6 aromatic rings. The van der Waals surface area contributed by atoms with Gasteiger partial charge in [-0.2, -0.15) is 10.2 Å². The summed E-state index contributed by atoms with van der Waals surface area (Å²) >= 11 is 0. The van der Waals surface area contributed by atoms with E-state index in [0.717, 1.165) is 66.6 Å². The van der Waals surface area contributed by atoms with Gasteiger partial charge in [-0.1, -0.05) is 128 Å². The second-order valence-corrected chi connectivity index (χ2v) is 10.2. The zero-order chi connectivity index (χ0) is 27.9. The molecule has 0 aliphatic heterocycles. The summed E-state index contributed by atoms with van der Waals surface area (Å²) in [6.07, 6.45) is 0. The molecule has 5 nitrogen and oxygen atoms in total. The molecule has 0 bridgehead atoms. The summed E-state index contributed by atoms with van der Waals surface area (Å²) in [6, 6.07) is 46.4. The fourth-order valence-corrected chi connectivity index (χ4v) is 5.26. The first-order valence-corrected chi connectivity index (χ1v) is 14.4. The van der Waals surface area contributed by atoms with Gasteiger partial charge >= 0.3 is 0 Å². The Bertz CT molecular complexity index is 1530. The number of benzene rings is 4. The second kappa shape index (κ2) is 12.6. The van der Waals surface area contributed by atoms with Crippen molar-refractivity contribution in [2.24, 2.45) is 0 Å². The summed E-state index contributed by atoms with van der Waals surface area (Å²) < 4.78 is 4.33. The Morgan fingerprint density at radius 2 is 0.829 bits per heavy atom. The largest absolute Gasteiger partial charge is 0.300 e. The van der Waals surface area contributed by atoms with Crippen molar-refractivity contribution < 1.29 is 0 Å². The van der Waals surface area contributed by atoms with Crippen molar-refractivity contribution in [1.29, 1.82) is 0 Å². The first kappa shape index (κ1) is 26.5. The molecule has 0 atom stereocenters. The van der Waals surface area contributed by atoms with Gasteiger partial charge in [0.05, 0.1) is 35.9 Å². The van der Waals surface area contributed by atoms with Crippen molar-refractivity contribution in [2.45, 2.75) is 20.0 Å². The molecular formula is C36H35N5. The molecule has 0 radical (unpaired) electrons. The minimum Gasteiger partial charge on any atom is -0.300 e. The number of hydrogen-bond donors (Lipinski definition) is 0. The van der Waals surface area contributed by atoms with Crippen molar-refractivity contribution in [1.82, 2.24) is 24.5 Å². The van der Waals surface area contributed by atoms with E-state index in [9.17, 15) is 0 Å². The van der Waals surface area contributed by atoms with E-state index in [4.69, 9.17) is 10.2 Å². The minimum atomic E-state index is 0.810. The molecule has 5 heteroatoms. The third kappa shape index (κ3) is 6.21. The van der Waals surface area contributed by atoms with Crippen molar-refractivity contribution in [3.05, 3.63) is 133 Å². The van der Waals surface area contributed by atoms with Crippen LogP contribution in [0.25, 0.3) is 45.0 Å².